The average molecular weight is 239 g/mol. The fraction of sp³-hybridized carbons (Fsp3) is 0.364. The van der Waals surface area contributed by atoms with E-state index < -0.39 is 17.2 Å². The molecule has 0 saturated carbocycles. The van der Waals surface area contributed by atoms with Crippen molar-refractivity contribution in [2.24, 2.45) is 4.99 Å². The number of rotatable bonds is 3. The van der Waals surface area contributed by atoms with Crippen LogP contribution in [0.25, 0.3) is 0 Å². The van der Waals surface area contributed by atoms with E-state index in [2.05, 4.69) is 10.4 Å². The Morgan fingerprint density at radius 2 is 2.29 bits per heavy atom. The number of hydrogen-bond donors (Lipinski definition) is 1. The molecule has 0 aliphatic carbocycles. The highest BCUT2D eigenvalue weighted by molar-refractivity contribution is 5.56. The Morgan fingerprint density at radius 3 is 2.88 bits per heavy atom. The third-order valence-corrected chi connectivity index (χ3v) is 2.93. The van der Waals surface area contributed by atoms with Crippen LogP contribution < -0.4 is 5.43 Å². The van der Waals surface area contributed by atoms with Gasteiger partial charge in [-0.1, -0.05) is 6.07 Å². The summed E-state index contributed by atoms with van der Waals surface area (Å²) in [6, 6.07) is 3.56. The maximum absolute atomic E-state index is 13.7. The molecule has 4 nitrogen and oxygen atoms in total. The van der Waals surface area contributed by atoms with Crippen molar-refractivity contribution >= 4 is 6.34 Å². The van der Waals surface area contributed by atoms with Crippen LogP contribution >= 0.6 is 0 Å². The summed E-state index contributed by atoms with van der Waals surface area (Å²) < 4.78 is 31.9. The molecule has 17 heavy (non-hydrogen) atoms. The van der Waals surface area contributed by atoms with E-state index in [9.17, 15) is 8.78 Å². The summed E-state index contributed by atoms with van der Waals surface area (Å²) in [6.07, 6.45) is 1.64. The molecule has 1 fully saturated rings. The molecule has 90 valence electrons. The maximum Gasteiger partial charge on any atom is 0.138 e. The predicted octanol–water partition coefficient (Wildman–Crippen LogP) is 0.996. The zero-order valence-electron chi connectivity index (χ0n) is 8.99. The standard InChI is InChI=1S/C11H11F2N3O/c12-8-1-2-9(10(13)3-8)11(5-17-11)4-16-7-14-6-15-16/h1-3,7,15H,4-6H2. The first-order valence-corrected chi connectivity index (χ1v) is 5.29. The monoisotopic (exact) mass is 239 g/mol. The van der Waals surface area contributed by atoms with Crippen LogP contribution in [0.3, 0.4) is 0 Å². The lowest BCUT2D eigenvalue weighted by Gasteiger charge is -2.20. The summed E-state index contributed by atoms with van der Waals surface area (Å²) in [7, 11) is 0. The van der Waals surface area contributed by atoms with Crippen molar-refractivity contribution in [3.8, 4) is 0 Å². The van der Waals surface area contributed by atoms with Crippen LogP contribution in [0.1, 0.15) is 5.56 Å². The molecule has 2 heterocycles. The third kappa shape index (κ3) is 1.89. The molecule has 3 rings (SSSR count). The average Bonchev–Trinajstić information content (AvgIpc) is 2.86. The van der Waals surface area contributed by atoms with Crippen molar-refractivity contribution in [2.45, 2.75) is 5.60 Å². The van der Waals surface area contributed by atoms with E-state index in [1.165, 1.54) is 12.1 Å². The van der Waals surface area contributed by atoms with Crippen LogP contribution in [-0.2, 0) is 10.3 Å². The Kier molecular flexibility index (Phi) is 2.34. The van der Waals surface area contributed by atoms with Gasteiger partial charge in [0.1, 0.15) is 30.2 Å². The molecule has 1 aromatic rings. The van der Waals surface area contributed by atoms with E-state index >= 15 is 0 Å². The van der Waals surface area contributed by atoms with Crippen LogP contribution in [0.2, 0.25) is 0 Å². The van der Waals surface area contributed by atoms with E-state index in [0.717, 1.165) is 6.07 Å². The van der Waals surface area contributed by atoms with E-state index in [0.29, 0.717) is 25.4 Å². The van der Waals surface area contributed by atoms with Crippen LogP contribution in [0.4, 0.5) is 8.78 Å². The van der Waals surface area contributed by atoms with Crippen LogP contribution in [-0.4, -0.2) is 31.2 Å². The molecule has 6 heteroatoms. The van der Waals surface area contributed by atoms with Crippen molar-refractivity contribution in [1.82, 2.24) is 10.4 Å². The summed E-state index contributed by atoms with van der Waals surface area (Å²) in [5.74, 6) is -1.15. The Bertz CT molecular complexity index is 474. The lowest BCUT2D eigenvalue weighted by Crippen LogP contribution is -2.39. The number of epoxide rings is 1. The molecule has 1 saturated heterocycles. The van der Waals surface area contributed by atoms with E-state index in [4.69, 9.17) is 4.74 Å². The van der Waals surface area contributed by atoms with Crippen LogP contribution in [0.15, 0.2) is 23.2 Å². The first kappa shape index (κ1) is 10.6. The van der Waals surface area contributed by atoms with Gasteiger partial charge in [0.25, 0.3) is 0 Å². The minimum absolute atomic E-state index is 0.390. The Morgan fingerprint density at radius 1 is 1.47 bits per heavy atom. The SMILES string of the molecule is Fc1ccc(C2(CN3C=NCN3)CO2)c(F)c1. The molecule has 0 spiro atoms. The first-order valence-electron chi connectivity index (χ1n) is 5.29. The molecule has 0 aromatic heterocycles. The zero-order chi connectivity index (χ0) is 11.9. The number of aliphatic imine (C=N–C) groups is 1. The largest absolute Gasteiger partial charge is 0.362 e. The second kappa shape index (κ2) is 3.75. The molecule has 2 aliphatic heterocycles. The second-order valence-corrected chi connectivity index (χ2v) is 4.15. The lowest BCUT2D eigenvalue weighted by atomic mass is 9.99. The van der Waals surface area contributed by atoms with Crippen molar-refractivity contribution in [1.29, 1.82) is 0 Å². The summed E-state index contributed by atoms with van der Waals surface area (Å²) in [4.78, 5) is 3.99. The number of hydrogen-bond acceptors (Lipinski definition) is 4. The fourth-order valence-corrected chi connectivity index (χ4v) is 1.96. The van der Waals surface area contributed by atoms with Gasteiger partial charge in [-0.15, -0.1) is 0 Å². The molecule has 0 radical (unpaired) electrons. The number of nitrogens with one attached hydrogen (secondary N) is 1. The maximum atomic E-state index is 13.7. The summed E-state index contributed by atoms with van der Waals surface area (Å²) in [6.45, 7) is 1.41. The molecule has 2 aliphatic rings. The van der Waals surface area contributed by atoms with Gasteiger partial charge in [0.05, 0.1) is 13.2 Å². The zero-order valence-corrected chi connectivity index (χ0v) is 8.99. The van der Waals surface area contributed by atoms with Gasteiger partial charge in [-0.05, 0) is 6.07 Å². The molecule has 1 N–H and O–H groups in total. The highest BCUT2D eigenvalue weighted by Gasteiger charge is 2.49. The second-order valence-electron chi connectivity index (χ2n) is 4.15. The Hall–Kier alpha value is -1.53. The number of hydrazine groups is 1. The molecule has 1 unspecified atom stereocenters. The van der Waals surface area contributed by atoms with E-state index in [1.807, 2.05) is 0 Å². The van der Waals surface area contributed by atoms with Gasteiger partial charge in [-0.3, -0.25) is 10.0 Å². The fourth-order valence-electron chi connectivity index (χ4n) is 1.96. The van der Waals surface area contributed by atoms with Crippen molar-refractivity contribution in [3.05, 3.63) is 35.4 Å². The van der Waals surface area contributed by atoms with Gasteiger partial charge < -0.3 is 4.74 Å². The molecule has 1 atom stereocenters. The normalized spacial score (nSPS) is 26.6. The lowest BCUT2D eigenvalue weighted by molar-refractivity contribution is 0.218. The molecular weight excluding hydrogens is 228 g/mol. The first-order chi connectivity index (χ1) is 8.20. The number of halogens is 2. The van der Waals surface area contributed by atoms with Crippen molar-refractivity contribution in [2.75, 3.05) is 19.8 Å². The Labute approximate surface area is 96.9 Å². The van der Waals surface area contributed by atoms with Gasteiger partial charge in [0.2, 0.25) is 0 Å². The van der Waals surface area contributed by atoms with Crippen LogP contribution in [0, 0.1) is 11.6 Å². The summed E-state index contributed by atoms with van der Waals surface area (Å²) in [5, 5.41) is 1.75. The van der Waals surface area contributed by atoms with Crippen molar-refractivity contribution in [3.63, 3.8) is 0 Å². The molecule has 1 aromatic carbocycles. The van der Waals surface area contributed by atoms with Gasteiger partial charge in [0, 0.05) is 11.6 Å². The Balaban J connectivity index is 1.84. The predicted molar refractivity (Wildman–Crippen MR) is 57.2 cm³/mol. The van der Waals surface area contributed by atoms with Gasteiger partial charge in [0.15, 0.2) is 0 Å². The number of benzene rings is 1. The van der Waals surface area contributed by atoms with Gasteiger partial charge in [-0.25, -0.2) is 14.2 Å². The topological polar surface area (TPSA) is 40.2 Å². The third-order valence-electron chi connectivity index (χ3n) is 2.93. The number of ether oxygens (including phenoxy) is 1. The minimum atomic E-state index is -0.679. The summed E-state index contributed by atoms with van der Waals surface area (Å²) in [5.41, 5.74) is 2.70. The van der Waals surface area contributed by atoms with Gasteiger partial charge in [-0.2, -0.15) is 0 Å². The van der Waals surface area contributed by atoms with Gasteiger partial charge >= 0.3 is 0 Å². The van der Waals surface area contributed by atoms with Crippen LogP contribution in [0.5, 0.6) is 0 Å². The summed E-state index contributed by atoms with van der Waals surface area (Å²) >= 11 is 0. The number of nitrogens with zero attached hydrogens (tertiary/aromatic N) is 2. The molecule has 0 bridgehead atoms. The molecule has 0 amide bonds. The quantitative estimate of drug-likeness (QED) is 0.800. The smallest absolute Gasteiger partial charge is 0.138 e. The van der Waals surface area contributed by atoms with E-state index in [-0.39, 0.29) is 0 Å². The highest BCUT2D eigenvalue weighted by atomic mass is 19.1. The highest BCUT2D eigenvalue weighted by Crippen LogP contribution is 2.40. The molecular formula is C11H11F2N3O. The van der Waals surface area contributed by atoms with E-state index in [1.54, 1.807) is 11.3 Å². The van der Waals surface area contributed by atoms with Crippen molar-refractivity contribution < 1.29 is 13.5 Å². The minimum Gasteiger partial charge on any atom is -0.362 e.